The van der Waals surface area contributed by atoms with E-state index in [1.54, 1.807) is 6.07 Å². The van der Waals surface area contributed by atoms with Crippen molar-refractivity contribution in [3.05, 3.63) is 27.9 Å². The van der Waals surface area contributed by atoms with E-state index in [1.807, 2.05) is 6.07 Å². The molecule has 1 aliphatic heterocycles. The van der Waals surface area contributed by atoms with Gasteiger partial charge in [0.05, 0.1) is 4.92 Å². The van der Waals surface area contributed by atoms with Crippen LogP contribution in [0.1, 0.15) is 44.2 Å². The highest BCUT2D eigenvalue weighted by atomic mass is 16.6. The van der Waals surface area contributed by atoms with E-state index in [1.165, 1.54) is 31.7 Å². The Kier molecular flexibility index (Phi) is 3.74. The number of pyridine rings is 1. The molecule has 3 rings (SSSR count). The molecule has 0 spiro atoms. The van der Waals surface area contributed by atoms with Gasteiger partial charge in [-0.3, -0.25) is 10.1 Å². The lowest BCUT2D eigenvalue weighted by atomic mass is 9.78. The van der Waals surface area contributed by atoms with E-state index in [4.69, 9.17) is 5.26 Å². The summed E-state index contributed by atoms with van der Waals surface area (Å²) in [5.74, 6) is 1.42. The van der Waals surface area contributed by atoms with Gasteiger partial charge in [-0.25, -0.2) is 4.98 Å². The summed E-state index contributed by atoms with van der Waals surface area (Å²) in [6.07, 6.45) is 7.34. The zero-order chi connectivity index (χ0) is 14.8. The van der Waals surface area contributed by atoms with E-state index in [-0.39, 0.29) is 11.4 Å². The number of nitriles is 1. The zero-order valence-corrected chi connectivity index (χ0v) is 11.9. The number of hydrogen-bond acceptors (Lipinski definition) is 5. The molecule has 2 fully saturated rings. The van der Waals surface area contributed by atoms with Gasteiger partial charge in [-0.1, -0.05) is 12.8 Å². The van der Waals surface area contributed by atoms with Crippen molar-refractivity contribution >= 4 is 11.5 Å². The Balaban J connectivity index is 1.92. The second kappa shape index (κ2) is 5.68. The summed E-state index contributed by atoms with van der Waals surface area (Å²) >= 11 is 0. The van der Waals surface area contributed by atoms with Crippen molar-refractivity contribution in [3.8, 4) is 6.07 Å². The molecule has 0 bridgehead atoms. The molecule has 1 aromatic rings. The number of nitro groups is 1. The Bertz CT molecular complexity index is 594. The van der Waals surface area contributed by atoms with E-state index in [2.05, 4.69) is 9.88 Å². The first-order chi connectivity index (χ1) is 10.2. The monoisotopic (exact) mass is 286 g/mol. The van der Waals surface area contributed by atoms with Crippen LogP contribution in [0.5, 0.6) is 0 Å². The van der Waals surface area contributed by atoms with Gasteiger partial charge < -0.3 is 4.90 Å². The summed E-state index contributed by atoms with van der Waals surface area (Å²) < 4.78 is 0. The third-order valence-electron chi connectivity index (χ3n) is 4.70. The molecule has 0 radical (unpaired) electrons. The largest absolute Gasteiger partial charge is 0.353 e. The normalized spacial score (nSPS) is 25.0. The first-order valence-electron chi connectivity index (χ1n) is 7.53. The van der Waals surface area contributed by atoms with Gasteiger partial charge in [-0.15, -0.1) is 0 Å². The highest BCUT2D eigenvalue weighted by molar-refractivity contribution is 5.52. The topological polar surface area (TPSA) is 83.1 Å². The lowest BCUT2D eigenvalue weighted by Crippen LogP contribution is -2.47. The number of anilines is 1. The van der Waals surface area contributed by atoms with E-state index in [9.17, 15) is 10.1 Å². The van der Waals surface area contributed by atoms with E-state index in [0.717, 1.165) is 19.4 Å². The number of piperidine rings is 1. The number of rotatable bonds is 2. The molecular weight excluding hydrogens is 268 g/mol. The van der Waals surface area contributed by atoms with Crippen molar-refractivity contribution in [1.29, 1.82) is 5.26 Å². The summed E-state index contributed by atoms with van der Waals surface area (Å²) in [6, 6.07) is 5.43. The van der Waals surface area contributed by atoms with Gasteiger partial charge in [0, 0.05) is 18.7 Å². The van der Waals surface area contributed by atoms with Gasteiger partial charge in [-0.2, -0.15) is 5.26 Å². The first kappa shape index (κ1) is 13.8. The van der Waals surface area contributed by atoms with Crippen molar-refractivity contribution < 1.29 is 4.92 Å². The third-order valence-corrected chi connectivity index (χ3v) is 4.70. The van der Waals surface area contributed by atoms with Crippen LogP contribution < -0.4 is 4.90 Å². The van der Waals surface area contributed by atoms with Crippen LogP contribution in [0.3, 0.4) is 0 Å². The SMILES string of the molecule is N#Cc1nc(N2CCCC3CCCCC32)ccc1[N+](=O)[O-]. The lowest BCUT2D eigenvalue weighted by Gasteiger charge is -2.44. The van der Waals surface area contributed by atoms with Gasteiger partial charge in [0.15, 0.2) is 0 Å². The molecule has 1 aliphatic carbocycles. The number of nitrogens with zero attached hydrogens (tertiary/aromatic N) is 4. The molecule has 2 aliphatic rings. The molecule has 2 unspecified atom stereocenters. The fourth-order valence-electron chi connectivity index (χ4n) is 3.74. The summed E-state index contributed by atoms with van der Waals surface area (Å²) in [5.41, 5.74) is -0.297. The van der Waals surface area contributed by atoms with Crippen LogP contribution in [0, 0.1) is 27.4 Å². The Morgan fingerprint density at radius 2 is 2.05 bits per heavy atom. The molecule has 110 valence electrons. The van der Waals surface area contributed by atoms with E-state index in [0.29, 0.717) is 17.8 Å². The number of aromatic nitrogens is 1. The van der Waals surface area contributed by atoms with Crippen LogP contribution >= 0.6 is 0 Å². The van der Waals surface area contributed by atoms with Crippen LogP contribution in [0.25, 0.3) is 0 Å². The molecule has 2 atom stereocenters. The standard InChI is InChI=1S/C15H18N4O2/c16-10-12-14(19(20)21)7-8-15(17-12)18-9-3-5-11-4-1-2-6-13(11)18/h7-8,11,13H,1-6,9H2. The quantitative estimate of drug-likeness (QED) is 0.616. The predicted octanol–water partition coefficient (Wildman–Crippen LogP) is 3.02. The maximum absolute atomic E-state index is 10.9. The molecule has 1 saturated heterocycles. The molecule has 6 heteroatoms. The fraction of sp³-hybridized carbons (Fsp3) is 0.600. The molecule has 0 N–H and O–H groups in total. The van der Waals surface area contributed by atoms with Gasteiger partial charge >= 0.3 is 5.69 Å². The van der Waals surface area contributed by atoms with Crippen molar-refractivity contribution in [3.63, 3.8) is 0 Å². The molecule has 21 heavy (non-hydrogen) atoms. The fourth-order valence-corrected chi connectivity index (χ4v) is 3.74. The van der Waals surface area contributed by atoms with Crippen LogP contribution in [-0.2, 0) is 0 Å². The Morgan fingerprint density at radius 3 is 2.81 bits per heavy atom. The van der Waals surface area contributed by atoms with Gasteiger partial charge in [0.2, 0.25) is 5.69 Å². The van der Waals surface area contributed by atoms with Crippen molar-refractivity contribution in [1.82, 2.24) is 4.98 Å². The summed E-state index contributed by atoms with van der Waals surface area (Å²) in [5, 5.41) is 20.0. The number of fused-ring (bicyclic) bond motifs is 1. The lowest BCUT2D eigenvalue weighted by molar-refractivity contribution is -0.385. The smallest absolute Gasteiger partial charge is 0.305 e. The molecule has 0 amide bonds. The molecule has 6 nitrogen and oxygen atoms in total. The zero-order valence-electron chi connectivity index (χ0n) is 11.9. The molecule has 2 heterocycles. The van der Waals surface area contributed by atoms with Crippen LogP contribution in [0.2, 0.25) is 0 Å². The van der Waals surface area contributed by atoms with E-state index < -0.39 is 4.92 Å². The molecule has 0 aromatic carbocycles. The average Bonchev–Trinajstić information content (AvgIpc) is 2.53. The summed E-state index contributed by atoms with van der Waals surface area (Å²) in [4.78, 5) is 16.9. The van der Waals surface area contributed by atoms with Gasteiger partial charge in [-0.05, 0) is 37.7 Å². The minimum atomic E-state index is -0.547. The Morgan fingerprint density at radius 1 is 1.29 bits per heavy atom. The second-order valence-electron chi connectivity index (χ2n) is 5.85. The summed E-state index contributed by atoms with van der Waals surface area (Å²) in [6.45, 7) is 0.927. The highest BCUT2D eigenvalue weighted by Gasteiger charge is 2.34. The first-order valence-corrected chi connectivity index (χ1v) is 7.53. The van der Waals surface area contributed by atoms with Crippen LogP contribution in [0.4, 0.5) is 11.5 Å². The predicted molar refractivity (Wildman–Crippen MR) is 77.9 cm³/mol. The molecule has 1 aromatic heterocycles. The Labute approximate surface area is 123 Å². The summed E-state index contributed by atoms with van der Waals surface area (Å²) in [7, 11) is 0. The second-order valence-corrected chi connectivity index (χ2v) is 5.85. The van der Waals surface area contributed by atoms with Gasteiger partial charge in [0.1, 0.15) is 11.9 Å². The molecule has 1 saturated carbocycles. The average molecular weight is 286 g/mol. The van der Waals surface area contributed by atoms with Crippen LogP contribution in [-0.4, -0.2) is 22.5 Å². The van der Waals surface area contributed by atoms with Crippen molar-refractivity contribution in [2.45, 2.75) is 44.6 Å². The van der Waals surface area contributed by atoms with Crippen molar-refractivity contribution in [2.75, 3.05) is 11.4 Å². The number of hydrogen-bond donors (Lipinski definition) is 0. The van der Waals surface area contributed by atoms with Gasteiger partial charge in [0.25, 0.3) is 0 Å². The van der Waals surface area contributed by atoms with Crippen LogP contribution in [0.15, 0.2) is 12.1 Å². The third kappa shape index (κ3) is 2.56. The van der Waals surface area contributed by atoms with Crippen molar-refractivity contribution in [2.24, 2.45) is 5.92 Å². The maximum atomic E-state index is 10.9. The Hall–Kier alpha value is -2.16. The highest BCUT2D eigenvalue weighted by Crippen LogP contribution is 2.37. The van der Waals surface area contributed by atoms with E-state index >= 15 is 0 Å². The minimum Gasteiger partial charge on any atom is -0.353 e. The maximum Gasteiger partial charge on any atom is 0.305 e. The minimum absolute atomic E-state index is 0.0876. The molecular formula is C15H18N4O2.